The number of aliphatic hydroxyl groups is 2. The molecule has 0 amide bonds. The number of anilines is 1. The third-order valence-electron chi connectivity index (χ3n) is 4.45. The summed E-state index contributed by atoms with van der Waals surface area (Å²) >= 11 is 0. The predicted octanol–water partition coefficient (Wildman–Crippen LogP) is 1.15. The summed E-state index contributed by atoms with van der Waals surface area (Å²) in [6.45, 7) is 1.75. The highest BCUT2D eigenvalue weighted by Gasteiger charge is 2.29. The summed E-state index contributed by atoms with van der Waals surface area (Å²) in [5.74, 6) is 1.44. The molecule has 22 heavy (non-hydrogen) atoms. The fourth-order valence-corrected chi connectivity index (χ4v) is 3.27. The minimum absolute atomic E-state index is 0.130. The smallest absolute Gasteiger partial charge is 0.254 e. The van der Waals surface area contributed by atoms with E-state index in [0.29, 0.717) is 11.6 Å². The van der Waals surface area contributed by atoms with Gasteiger partial charge in [-0.3, -0.25) is 0 Å². The molecule has 0 spiro atoms. The van der Waals surface area contributed by atoms with Crippen molar-refractivity contribution in [1.29, 1.82) is 0 Å². The van der Waals surface area contributed by atoms with Crippen LogP contribution in [0, 0.1) is 12.8 Å². The van der Waals surface area contributed by atoms with E-state index in [4.69, 9.17) is 0 Å². The maximum absolute atomic E-state index is 10.6. The van der Waals surface area contributed by atoms with Crippen molar-refractivity contribution < 1.29 is 10.2 Å². The summed E-state index contributed by atoms with van der Waals surface area (Å²) in [6, 6.07) is 1.43. The van der Waals surface area contributed by atoms with Gasteiger partial charge < -0.3 is 15.5 Å². The maximum atomic E-state index is 10.6. The molecule has 2 atom stereocenters. The van der Waals surface area contributed by atoms with E-state index in [1.165, 1.54) is 12.7 Å². The van der Waals surface area contributed by atoms with Crippen LogP contribution < -0.4 is 5.32 Å². The summed E-state index contributed by atoms with van der Waals surface area (Å²) in [6.07, 6.45) is 6.46. The molecule has 3 N–H and O–H groups in total. The number of fused-ring (bicyclic) bond motifs is 1. The van der Waals surface area contributed by atoms with Crippen LogP contribution >= 0.6 is 0 Å². The lowest BCUT2D eigenvalue weighted by Gasteiger charge is -2.32. The molecule has 0 radical (unpaired) electrons. The molecule has 0 unspecified atom stereocenters. The first-order chi connectivity index (χ1) is 10.7. The van der Waals surface area contributed by atoms with Gasteiger partial charge in [-0.1, -0.05) is 19.3 Å². The van der Waals surface area contributed by atoms with Crippen LogP contribution in [0.3, 0.4) is 0 Å². The lowest BCUT2D eigenvalue weighted by atomic mass is 9.83. The van der Waals surface area contributed by atoms with Gasteiger partial charge in [0.1, 0.15) is 12.1 Å². The minimum Gasteiger partial charge on any atom is -0.394 e. The van der Waals surface area contributed by atoms with E-state index in [0.717, 1.165) is 31.4 Å². The molecule has 1 saturated carbocycles. The predicted molar refractivity (Wildman–Crippen MR) is 82.6 cm³/mol. The van der Waals surface area contributed by atoms with E-state index < -0.39 is 12.1 Å². The van der Waals surface area contributed by atoms with Crippen LogP contribution in [0.15, 0.2) is 12.4 Å². The number of nitrogens with zero attached hydrogens (tertiary/aromatic N) is 4. The maximum Gasteiger partial charge on any atom is 0.254 e. The molecule has 0 aliphatic heterocycles. The van der Waals surface area contributed by atoms with Crippen LogP contribution in [0.25, 0.3) is 5.78 Å². The fraction of sp³-hybridized carbons (Fsp3) is 0.667. The van der Waals surface area contributed by atoms with Crippen molar-refractivity contribution in [2.75, 3.05) is 11.9 Å². The molecule has 0 bridgehead atoms. The Kier molecular flexibility index (Phi) is 4.54. The molecular weight excluding hydrogens is 282 g/mol. The highest BCUT2D eigenvalue weighted by molar-refractivity contribution is 5.45. The molecule has 7 nitrogen and oxygen atoms in total. The first-order valence-corrected chi connectivity index (χ1v) is 7.92. The summed E-state index contributed by atoms with van der Waals surface area (Å²) < 4.78 is 1.59. The van der Waals surface area contributed by atoms with Gasteiger partial charge in [0.05, 0.1) is 18.8 Å². The number of aliphatic hydroxyl groups excluding tert-OH is 2. The van der Waals surface area contributed by atoms with E-state index in [-0.39, 0.29) is 12.5 Å². The zero-order valence-electron chi connectivity index (χ0n) is 12.8. The van der Waals surface area contributed by atoms with Crippen LogP contribution in [0.1, 0.15) is 37.8 Å². The van der Waals surface area contributed by atoms with E-state index in [1.807, 2.05) is 13.0 Å². The largest absolute Gasteiger partial charge is 0.394 e. The Bertz CT molecular complexity index is 623. The van der Waals surface area contributed by atoms with Gasteiger partial charge in [0.15, 0.2) is 0 Å². The first-order valence-electron chi connectivity index (χ1n) is 7.92. The third-order valence-corrected chi connectivity index (χ3v) is 4.45. The number of hydrogen-bond acceptors (Lipinski definition) is 6. The van der Waals surface area contributed by atoms with Crippen molar-refractivity contribution in [3.63, 3.8) is 0 Å². The van der Waals surface area contributed by atoms with Crippen LogP contribution in [-0.4, -0.2) is 48.5 Å². The summed E-state index contributed by atoms with van der Waals surface area (Å²) in [7, 11) is 0. The molecule has 2 aromatic heterocycles. The van der Waals surface area contributed by atoms with Crippen LogP contribution in [0.2, 0.25) is 0 Å². The highest BCUT2D eigenvalue weighted by atomic mass is 16.3. The summed E-state index contributed by atoms with van der Waals surface area (Å²) in [5, 5.41) is 27.7. The number of rotatable bonds is 5. The van der Waals surface area contributed by atoms with Gasteiger partial charge in [0.2, 0.25) is 0 Å². The minimum atomic E-state index is -0.572. The molecule has 1 fully saturated rings. The van der Waals surface area contributed by atoms with E-state index >= 15 is 0 Å². The fourth-order valence-electron chi connectivity index (χ4n) is 3.27. The molecule has 3 rings (SSSR count). The van der Waals surface area contributed by atoms with Gasteiger partial charge in [-0.25, -0.2) is 4.98 Å². The second-order valence-electron chi connectivity index (χ2n) is 6.08. The molecule has 120 valence electrons. The lowest BCUT2D eigenvalue weighted by Crippen LogP contribution is -2.42. The molecule has 1 aliphatic rings. The van der Waals surface area contributed by atoms with E-state index in [9.17, 15) is 10.2 Å². The number of hydrogen-bond donors (Lipinski definition) is 3. The van der Waals surface area contributed by atoms with Gasteiger partial charge in [0.25, 0.3) is 5.78 Å². The Morgan fingerprint density at radius 1 is 1.36 bits per heavy atom. The van der Waals surface area contributed by atoms with Gasteiger partial charge >= 0.3 is 0 Å². The number of aryl methyl sites for hydroxylation is 1. The molecule has 0 saturated heterocycles. The third kappa shape index (κ3) is 3.05. The molecule has 1 aliphatic carbocycles. The van der Waals surface area contributed by atoms with Gasteiger partial charge in [0, 0.05) is 11.8 Å². The first kappa shape index (κ1) is 15.2. The van der Waals surface area contributed by atoms with E-state index in [2.05, 4.69) is 20.4 Å². The van der Waals surface area contributed by atoms with Crippen LogP contribution in [-0.2, 0) is 0 Å². The molecule has 2 aromatic rings. The highest BCUT2D eigenvalue weighted by Crippen LogP contribution is 2.28. The summed E-state index contributed by atoms with van der Waals surface area (Å²) in [4.78, 5) is 8.37. The van der Waals surface area contributed by atoms with Crippen LogP contribution in [0.5, 0.6) is 0 Å². The Hall–Kier alpha value is -1.73. The average Bonchev–Trinajstić information content (AvgIpc) is 3.01. The Morgan fingerprint density at radius 2 is 2.14 bits per heavy atom. The molecule has 0 aromatic carbocycles. The standard InChI is InChI=1S/C15H23N5O2/c1-10-7-13(20-15(18-10)16-9-17-20)19-12(8-21)14(22)11-5-3-2-4-6-11/h7,9,11-12,14,19,21-22H,2-6,8H2,1H3/t12-,14-/m1/s1. The quantitative estimate of drug-likeness (QED) is 0.767. The zero-order chi connectivity index (χ0) is 15.5. The Labute approximate surface area is 129 Å². The van der Waals surface area contributed by atoms with Crippen molar-refractivity contribution in [2.45, 2.75) is 51.2 Å². The number of aromatic nitrogens is 4. The van der Waals surface area contributed by atoms with Gasteiger partial charge in [-0.05, 0) is 25.7 Å². The Balaban J connectivity index is 1.80. The molecular formula is C15H23N5O2. The monoisotopic (exact) mass is 305 g/mol. The van der Waals surface area contributed by atoms with Crippen molar-refractivity contribution >= 4 is 11.6 Å². The molecule has 7 heteroatoms. The number of nitrogens with one attached hydrogen (secondary N) is 1. The summed E-state index contributed by atoms with van der Waals surface area (Å²) in [5.41, 5.74) is 0.812. The zero-order valence-corrected chi connectivity index (χ0v) is 12.8. The average molecular weight is 305 g/mol. The SMILES string of the molecule is Cc1cc(N[C@H](CO)[C@H](O)C2CCCCC2)n2ncnc2n1. The van der Waals surface area contributed by atoms with Crippen molar-refractivity contribution in [3.8, 4) is 0 Å². The van der Waals surface area contributed by atoms with E-state index in [1.54, 1.807) is 4.52 Å². The lowest BCUT2D eigenvalue weighted by molar-refractivity contribution is 0.0492. The topological polar surface area (TPSA) is 95.6 Å². The van der Waals surface area contributed by atoms with Crippen molar-refractivity contribution in [3.05, 3.63) is 18.1 Å². The normalized spacial score (nSPS) is 19.2. The Morgan fingerprint density at radius 3 is 2.86 bits per heavy atom. The second-order valence-corrected chi connectivity index (χ2v) is 6.08. The van der Waals surface area contributed by atoms with Gasteiger partial charge in [-0.2, -0.15) is 14.6 Å². The van der Waals surface area contributed by atoms with Crippen molar-refractivity contribution in [2.24, 2.45) is 5.92 Å². The van der Waals surface area contributed by atoms with Crippen molar-refractivity contribution in [1.82, 2.24) is 19.6 Å². The van der Waals surface area contributed by atoms with Gasteiger partial charge in [-0.15, -0.1) is 0 Å². The van der Waals surface area contributed by atoms with Crippen LogP contribution in [0.4, 0.5) is 5.82 Å². The molecule has 2 heterocycles. The second kappa shape index (κ2) is 6.58.